The Labute approximate surface area is 150 Å². The average Bonchev–Trinajstić information content (AvgIpc) is 3.31. The van der Waals surface area contributed by atoms with Gasteiger partial charge in [-0.05, 0) is 38.3 Å². The molecule has 1 saturated heterocycles. The van der Waals surface area contributed by atoms with Gasteiger partial charge in [0.15, 0.2) is 12.7 Å². The number of esters is 1. The Morgan fingerprint density at radius 3 is 3.04 bits per heavy atom. The van der Waals surface area contributed by atoms with E-state index in [0.717, 1.165) is 19.4 Å². The van der Waals surface area contributed by atoms with Gasteiger partial charge in [-0.2, -0.15) is 4.98 Å². The highest BCUT2D eigenvalue weighted by Gasteiger charge is 2.21. The summed E-state index contributed by atoms with van der Waals surface area (Å²) in [6, 6.07) is 4.66. The van der Waals surface area contributed by atoms with Crippen LogP contribution in [0.1, 0.15) is 31.2 Å². The maximum absolute atomic E-state index is 13.6. The first-order chi connectivity index (χ1) is 12.5. The summed E-state index contributed by atoms with van der Waals surface area (Å²) >= 11 is 0. The van der Waals surface area contributed by atoms with Gasteiger partial charge in [-0.25, -0.2) is 9.18 Å². The Morgan fingerprint density at radius 2 is 2.31 bits per heavy atom. The molecule has 2 atom stereocenters. The molecule has 2 aromatic rings. The van der Waals surface area contributed by atoms with E-state index in [1.54, 1.807) is 26.0 Å². The van der Waals surface area contributed by atoms with Gasteiger partial charge in [-0.1, -0.05) is 17.3 Å². The van der Waals surface area contributed by atoms with E-state index in [1.165, 1.54) is 6.07 Å². The molecule has 0 radical (unpaired) electrons. The monoisotopic (exact) mass is 364 g/mol. The van der Waals surface area contributed by atoms with Crippen molar-refractivity contribution in [3.63, 3.8) is 0 Å². The molecule has 1 aromatic heterocycles. The van der Waals surface area contributed by atoms with Crippen molar-refractivity contribution in [3.8, 4) is 11.4 Å². The van der Waals surface area contributed by atoms with E-state index in [2.05, 4.69) is 10.1 Å². The van der Waals surface area contributed by atoms with Crippen molar-refractivity contribution in [3.05, 3.63) is 35.5 Å². The summed E-state index contributed by atoms with van der Waals surface area (Å²) in [7, 11) is 0. The van der Waals surface area contributed by atoms with E-state index in [0.29, 0.717) is 17.7 Å². The SMILES string of the molecule is Cc1ccc(-c2noc(COC(=O)C(C)OCC3CCCO3)n2)cc1F. The molecule has 0 aliphatic carbocycles. The van der Waals surface area contributed by atoms with E-state index in [1.807, 2.05) is 0 Å². The van der Waals surface area contributed by atoms with Gasteiger partial charge in [0.05, 0.1) is 12.7 Å². The van der Waals surface area contributed by atoms with Crippen molar-refractivity contribution >= 4 is 5.97 Å². The summed E-state index contributed by atoms with van der Waals surface area (Å²) in [4.78, 5) is 16.1. The second-order valence-corrected chi connectivity index (χ2v) is 6.19. The lowest BCUT2D eigenvalue weighted by Gasteiger charge is -2.14. The van der Waals surface area contributed by atoms with Gasteiger partial charge in [-0.15, -0.1) is 0 Å². The van der Waals surface area contributed by atoms with Gasteiger partial charge in [-0.3, -0.25) is 0 Å². The second-order valence-electron chi connectivity index (χ2n) is 6.19. The van der Waals surface area contributed by atoms with Gasteiger partial charge >= 0.3 is 5.97 Å². The Balaban J connectivity index is 1.49. The van der Waals surface area contributed by atoms with Crippen molar-refractivity contribution in [2.45, 2.75) is 45.5 Å². The van der Waals surface area contributed by atoms with E-state index in [-0.39, 0.29) is 30.2 Å². The number of nitrogens with zero attached hydrogens (tertiary/aromatic N) is 2. The molecule has 0 N–H and O–H groups in total. The maximum atomic E-state index is 13.6. The molecule has 1 aliphatic rings. The first kappa shape index (κ1) is 18.5. The topological polar surface area (TPSA) is 83.7 Å². The molecule has 0 amide bonds. The Kier molecular flexibility index (Phi) is 5.95. The molecule has 0 bridgehead atoms. The molecule has 1 fully saturated rings. The van der Waals surface area contributed by atoms with E-state index < -0.39 is 12.1 Å². The number of benzene rings is 1. The van der Waals surface area contributed by atoms with Crippen LogP contribution in [0.4, 0.5) is 4.39 Å². The first-order valence-corrected chi connectivity index (χ1v) is 8.52. The second kappa shape index (κ2) is 8.37. The summed E-state index contributed by atoms with van der Waals surface area (Å²) in [5.74, 6) is -0.514. The third-order valence-electron chi connectivity index (χ3n) is 4.12. The van der Waals surface area contributed by atoms with E-state index in [4.69, 9.17) is 18.7 Å². The molecular weight excluding hydrogens is 343 g/mol. The largest absolute Gasteiger partial charge is 0.454 e. The van der Waals surface area contributed by atoms with Crippen LogP contribution in [0.3, 0.4) is 0 Å². The summed E-state index contributed by atoms with van der Waals surface area (Å²) < 4.78 is 34.7. The van der Waals surface area contributed by atoms with Crippen LogP contribution in [0.2, 0.25) is 0 Å². The normalized spacial score (nSPS) is 18.0. The van der Waals surface area contributed by atoms with Gasteiger partial charge in [0.25, 0.3) is 5.89 Å². The van der Waals surface area contributed by atoms with Crippen molar-refractivity contribution in [1.82, 2.24) is 10.1 Å². The van der Waals surface area contributed by atoms with Crippen LogP contribution in [0.15, 0.2) is 22.7 Å². The minimum Gasteiger partial charge on any atom is -0.454 e. The molecule has 1 aliphatic heterocycles. The molecule has 140 valence electrons. The van der Waals surface area contributed by atoms with Gasteiger partial charge in [0, 0.05) is 12.2 Å². The number of aryl methyl sites for hydroxylation is 1. The van der Waals surface area contributed by atoms with Crippen molar-refractivity contribution in [2.75, 3.05) is 13.2 Å². The van der Waals surface area contributed by atoms with Crippen LogP contribution in [0.5, 0.6) is 0 Å². The standard InChI is InChI=1S/C18H21FN2O5/c1-11-5-6-13(8-15(11)19)17-20-16(26-21-17)10-25-18(22)12(2)24-9-14-4-3-7-23-14/h5-6,8,12,14H,3-4,7,9-10H2,1-2H3. The minimum absolute atomic E-state index is 0.0404. The number of hydrogen-bond acceptors (Lipinski definition) is 7. The van der Waals surface area contributed by atoms with Crippen LogP contribution in [-0.4, -0.2) is 41.5 Å². The van der Waals surface area contributed by atoms with E-state index >= 15 is 0 Å². The predicted octanol–water partition coefficient (Wildman–Crippen LogP) is 2.81. The first-order valence-electron chi connectivity index (χ1n) is 8.52. The van der Waals surface area contributed by atoms with Gasteiger partial charge in [0.2, 0.25) is 5.82 Å². The minimum atomic E-state index is -0.715. The molecule has 3 rings (SSSR count). The number of halogens is 1. The lowest BCUT2D eigenvalue weighted by molar-refractivity contribution is -0.160. The number of hydrogen-bond donors (Lipinski definition) is 0. The molecule has 8 heteroatoms. The Bertz CT molecular complexity index is 758. The van der Waals surface area contributed by atoms with Gasteiger partial charge in [0.1, 0.15) is 5.82 Å². The van der Waals surface area contributed by atoms with Crippen molar-refractivity contribution < 1.29 is 27.9 Å². The lowest BCUT2D eigenvalue weighted by Crippen LogP contribution is -2.27. The third-order valence-corrected chi connectivity index (χ3v) is 4.12. The zero-order valence-electron chi connectivity index (χ0n) is 14.7. The molecule has 2 unspecified atom stereocenters. The van der Waals surface area contributed by atoms with Crippen molar-refractivity contribution in [1.29, 1.82) is 0 Å². The van der Waals surface area contributed by atoms with E-state index in [9.17, 15) is 9.18 Å². The highest BCUT2D eigenvalue weighted by atomic mass is 19.1. The van der Waals surface area contributed by atoms with Crippen LogP contribution in [0, 0.1) is 12.7 Å². The van der Waals surface area contributed by atoms with Crippen molar-refractivity contribution in [2.24, 2.45) is 0 Å². The van der Waals surface area contributed by atoms with Gasteiger partial charge < -0.3 is 18.7 Å². The number of carbonyl (C=O) groups excluding carboxylic acids is 1. The maximum Gasteiger partial charge on any atom is 0.335 e. The highest BCUT2D eigenvalue weighted by Crippen LogP contribution is 2.19. The molecule has 0 spiro atoms. The molecule has 7 nitrogen and oxygen atoms in total. The zero-order chi connectivity index (χ0) is 18.5. The zero-order valence-corrected chi connectivity index (χ0v) is 14.7. The Hall–Kier alpha value is -2.32. The quantitative estimate of drug-likeness (QED) is 0.699. The fraction of sp³-hybridized carbons (Fsp3) is 0.500. The number of carbonyl (C=O) groups is 1. The highest BCUT2D eigenvalue weighted by molar-refractivity contribution is 5.74. The molecular formula is C18H21FN2O5. The number of aromatic nitrogens is 2. The van der Waals surface area contributed by atoms with Crippen LogP contribution >= 0.6 is 0 Å². The lowest BCUT2D eigenvalue weighted by atomic mass is 10.1. The fourth-order valence-corrected chi connectivity index (χ4v) is 2.51. The van der Waals surface area contributed by atoms with Crippen LogP contribution in [-0.2, 0) is 25.6 Å². The summed E-state index contributed by atoms with van der Waals surface area (Å²) in [6.45, 7) is 4.21. The van der Waals surface area contributed by atoms with Crippen LogP contribution < -0.4 is 0 Å². The summed E-state index contributed by atoms with van der Waals surface area (Å²) in [5.41, 5.74) is 1.02. The summed E-state index contributed by atoms with van der Waals surface area (Å²) in [6.07, 6.45) is 1.27. The summed E-state index contributed by atoms with van der Waals surface area (Å²) in [5, 5.41) is 3.78. The molecule has 0 saturated carbocycles. The Morgan fingerprint density at radius 1 is 1.46 bits per heavy atom. The molecule has 1 aromatic carbocycles. The molecule has 2 heterocycles. The fourth-order valence-electron chi connectivity index (χ4n) is 2.51. The van der Waals surface area contributed by atoms with Crippen LogP contribution in [0.25, 0.3) is 11.4 Å². The number of rotatable bonds is 7. The average molecular weight is 364 g/mol. The predicted molar refractivity (Wildman–Crippen MR) is 88.6 cm³/mol. The molecule has 26 heavy (non-hydrogen) atoms. The smallest absolute Gasteiger partial charge is 0.335 e. The third kappa shape index (κ3) is 4.64. The number of ether oxygens (including phenoxy) is 3.